The van der Waals surface area contributed by atoms with Gasteiger partial charge in [0.15, 0.2) is 0 Å². The number of amides is 1. The minimum Gasteiger partial charge on any atom is -0.508 e. The zero-order chi connectivity index (χ0) is 8.27. The van der Waals surface area contributed by atoms with Crippen LogP contribution in [0.4, 0.5) is 10.5 Å². The highest BCUT2D eigenvalue weighted by Gasteiger charge is 1.95. The molecular weight excluding hydrogens is 166 g/mol. The summed E-state index contributed by atoms with van der Waals surface area (Å²) in [4.78, 5) is 10.3. The molecule has 1 aromatic carbocycles. The Morgan fingerprint density at radius 3 is 2.36 bits per heavy atom. The fraction of sp³-hybridized carbons (Fsp3) is 0. The van der Waals surface area contributed by atoms with E-state index < -0.39 is 5.37 Å². The minimum atomic E-state index is -0.643. The maximum absolute atomic E-state index is 10.3. The Bertz CT molecular complexity index is 258. The zero-order valence-electron chi connectivity index (χ0n) is 5.54. The summed E-state index contributed by atoms with van der Waals surface area (Å²) < 4.78 is 0. The predicted octanol–water partition coefficient (Wildman–Crippen LogP) is 2.16. The molecule has 0 atom stereocenters. The van der Waals surface area contributed by atoms with E-state index in [1.54, 1.807) is 12.1 Å². The predicted molar refractivity (Wildman–Crippen MR) is 43.0 cm³/mol. The summed E-state index contributed by atoms with van der Waals surface area (Å²) in [6.07, 6.45) is 0. The number of hydrogen-bond acceptors (Lipinski definition) is 2. The van der Waals surface area contributed by atoms with Crippen LogP contribution >= 0.6 is 11.6 Å². The van der Waals surface area contributed by atoms with Crippen LogP contribution in [0.1, 0.15) is 0 Å². The zero-order valence-corrected chi connectivity index (χ0v) is 6.30. The van der Waals surface area contributed by atoms with Gasteiger partial charge in [-0.2, -0.15) is 0 Å². The average Bonchev–Trinajstić information content (AvgIpc) is 1.93. The van der Waals surface area contributed by atoms with Gasteiger partial charge in [-0.25, -0.2) is 0 Å². The van der Waals surface area contributed by atoms with Crippen molar-refractivity contribution < 1.29 is 9.90 Å². The number of rotatable bonds is 1. The Morgan fingerprint density at radius 1 is 1.36 bits per heavy atom. The summed E-state index contributed by atoms with van der Waals surface area (Å²) >= 11 is 5.04. The minimum absolute atomic E-state index is 0.151. The first-order valence-electron chi connectivity index (χ1n) is 2.94. The highest BCUT2D eigenvalue weighted by Crippen LogP contribution is 2.13. The normalized spacial score (nSPS) is 9.18. The molecule has 1 aromatic rings. The van der Waals surface area contributed by atoms with Crippen LogP contribution in [0, 0.1) is 0 Å². The van der Waals surface area contributed by atoms with Gasteiger partial charge in [0.2, 0.25) is 0 Å². The lowest BCUT2D eigenvalue weighted by Gasteiger charge is -1.98. The van der Waals surface area contributed by atoms with Gasteiger partial charge in [-0.05, 0) is 35.9 Å². The number of phenols is 1. The smallest absolute Gasteiger partial charge is 0.318 e. The van der Waals surface area contributed by atoms with E-state index in [1.807, 2.05) is 0 Å². The van der Waals surface area contributed by atoms with Crippen LogP contribution in [0.3, 0.4) is 0 Å². The number of phenolic OH excluding ortho intramolecular Hbond substituents is 1. The molecule has 2 N–H and O–H groups in total. The van der Waals surface area contributed by atoms with Crippen molar-refractivity contribution in [3.8, 4) is 5.75 Å². The maximum atomic E-state index is 10.3. The van der Waals surface area contributed by atoms with Crippen LogP contribution in [0.2, 0.25) is 0 Å². The van der Waals surface area contributed by atoms with Gasteiger partial charge in [-0.1, -0.05) is 0 Å². The number of halogens is 1. The summed E-state index contributed by atoms with van der Waals surface area (Å²) in [6, 6.07) is 6.02. The lowest BCUT2D eigenvalue weighted by Crippen LogP contribution is -1.99. The molecule has 1 rings (SSSR count). The SMILES string of the molecule is O=C(Cl)Nc1ccc(O)cc1. The molecule has 4 heteroatoms. The van der Waals surface area contributed by atoms with Crippen LogP contribution in [-0.2, 0) is 0 Å². The van der Waals surface area contributed by atoms with Crippen LogP contribution in [0.15, 0.2) is 24.3 Å². The first-order chi connectivity index (χ1) is 5.18. The molecule has 0 fully saturated rings. The second kappa shape index (κ2) is 3.25. The summed E-state index contributed by atoms with van der Waals surface area (Å²) in [5.41, 5.74) is 0.558. The number of hydrogen-bond donors (Lipinski definition) is 2. The van der Waals surface area contributed by atoms with Gasteiger partial charge < -0.3 is 10.4 Å². The number of anilines is 1. The Hall–Kier alpha value is -1.22. The van der Waals surface area contributed by atoms with Crippen molar-refractivity contribution >= 4 is 22.7 Å². The molecule has 0 saturated heterocycles. The molecule has 1 amide bonds. The summed E-state index contributed by atoms with van der Waals surface area (Å²) in [5, 5.41) is 10.5. The van der Waals surface area contributed by atoms with Crippen molar-refractivity contribution in [2.75, 3.05) is 5.32 Å². The number of benzene rings is 1. The lowest BCUT2D eigenvalue weighted by molar-refractivity contribution is 0.269. The summed E-state index contributed by atoms with van der Waals surface area (Å²) in [7, 11) is 0. The fourth-order valence-corrected chi connectivity index (χ4v) is 0.767. The van der Waals surface area contributed by atoms with Crippen LogP contribution in [0.25, 0.3) is 0 Å². The van der Waals surface area contributed by atoms with Crippen molar-refractivity contribution in [3.63, 3.8) is 0 Å². The van der Waals surface area contributed by atoms with Crippen molar-refractivity contribution in [2.45, 2.75) is 0 Å². The highest BCUT2D eigenvalue weighted by molar-refractivity contribution is 6.65. The third-order valence-corrected chi connectivity index (χ3v) is 1.20. The molecule has 0 heterocycles. The fourth-order valence-electron chi connectivity index (χ4n) is 0.658. The molecule has 11 heavy (non-hydrogen) atoms. The Labute approximate surface area is 68.6 Å². The topological polar surface area (TPSA) is 49.3 Å². The third-order valence-electron chi connectivity index (χ3n) is 1.11. The molecular formula is C7H6ClNO2. The van der Waals surface area contributed by atoms with E-state index >= 15 is 0 Å². The molecule has 58 valence electrons. The van der Waals surface area contributed by atoms with Crippen LogP contribution < -0.4 is 5.32 Å². The number of carbonyl (C=O) groups excluding carboxylic acids is 1. The van der Waals surface area contributed by atoms with Gasteiger partial charge in [0, 0.05) is 5.69 Å². The third kappa shape index (κ3) is 2.47. The van der Waals surface area contributed by atoms with Crippen LogP contribution in [0.5, 0.6) is 5.75 Å². The molecule has 0 saturated carbocycles. The molecule has 0 radical (unpaired) electrons. The highest BCUT2D eigenvalue weighted by atomic mass is 35.5. The molecule has 0 aliphatic heterocycles. The van der Waals surface area contributed by atoms with E-state index in [2.05, 4.69) is 5.32 Å². The summed E-state index contributed by atoms with van der Waals surface area (Å²) in [6.45, 7) is 0. The van der Waals surface area contributed by atoms with Gasteiger partial charge in [-0.3, -0.25) is 4.79 Å². The molecule has 0 aromatic heterocycles. The van der Waals surface area contributed by atoms with E-state index in [-0.39, 0.29) is 5.75 Å². The summed E-state index contributed by atoms with van der Waals surface area (Å²) in [5.74, 6) is 0.151. The van der Waals surface area contributed by atoms with Crippen LogP contribution in [-0.4, -0.2) is 10.5 Å². The molecule has 0 bridgehead atoms. The molecule has 0 spiro atoms. The second-order valence-corrected chi connectivity index (χ2v) is 2.29. The largest absolute Gasteiger partial charge is 0.508 e. The van der Waals surface area contributed by atoms with Gasteiger partial charge in [0.25, 0.3) is 0 Å². The number of nitrogens with one attached hydrogen (secondary N) is 1. The molecule has 0 aliphatic rings. The van der Waals surface area contributed by atoms with Crippen molar-refractivity contribution in [2.24, 2.45) is 0 Å². The van der Waals surface area contributed by atoms with Gasteiger partial charge in [0.05, 0.1) is 0 Å². The molecule has 0 unspecified atom stereocenters. The quantitative estimate of drug-likeness (QED) is 0.387. The molecule has 0 aliphatic carbocycles. The monoisotopic (exact) mass is 171 g/mol. The van der Waals surface area contributed by atoms with E-state index in [1.165, 1.54) is 12.1 Å². The maximum Gasteiger partial charge on any atom is 0.318 e. The van der Waals surface area contributed by atoms with E-state index in [9.17, 15) is 4.79 Å². The van der Waals surface area contributed by atoms with Crippen molar-refractivity contribution in [1.82, 2.24) is 0 Å². The lowest BCUT2D eigenvalue weighted by atomic mass is 10.3. The van der Waals surface area contributed by atoms with Gasteiger partial charge >= 0.3 is 5.37 Å². The van der Waals surface area contributed by atoms with E-state index in [0.29, 0.717) is 5.69 Å². The Kier molecular flexibility index (Phi) is 2.33. The Morgan fingerprint density at radius 2 is 1.91 bits per heavy atom. The standard InChI is InChI=1S/C7H6ClNO2/c8-7(11)9-5-1-3-6(10)4-2-5/h1-4,10H,(H,9,11). The van der Waals surface area contributed by atoms with Crippen molar-refractivity contribution in [1.29, 1.82) is 0 Å². The van der Waals surface area contributed by atoms with Gasteiger partial charge in [-0.15, -0.1) is 0 Å². The van der Waals surface area contributed by atoms with E-state index in [0.717, 1.165) is 0 Å². The first kappa shape index (κ1) is 7.88. The van der Waals surface area contributed by atoms with E-state index in [4.69, 9.17) is 16.7 Å². The first-order valence-corrected chi connectivity index (χ1v) is 3.32. The van der Waals surface area contributed by atoms with Crippen molar-refractivity contribution in [3.05, 3.63) is 24.3 Å². The molecule has 3 nitrogen and oxygen atoms in total. The van der Waals surface area contributed by atoms with Gasteiger partial charge in [0.1, 0.15) is 5.75 Å². The Balaban J connectivity index is 2.74. The number of aromatic hydroxyl groups is 1. The number of carbonyl (C=O) groups is 1. The second-order valence-electron chi connectivity index (χ2n) is 1.95. The average molecular weight is 172 g/mol.